The molecule has 7 aliphatic rings. The van der Waals surface area contributed by atoms with E-state index in [1.807, 2.05) is 13.0 Å². The normalized spacial score (nSPS) is 19.0. The number of hydrogen-bond acceptors (Lipinski definition) is 30. The number of aryl methyl sites for hydroxylation is 3. The Morgan fingerprint density at radius 1 is 0.425 bits per heavy atom. The summed E-state index contributed by atoms with van der Waals surface area (Å²) in [4.78, 5) is 97.6. The minimum atomic E-state index is -1.30. The summed E-state index contributed by atoms with van der Waals surface area (Å²) in [5.41, 5.74) is -3.98. The van der Waals surface area contributed by atoms with Crippen molar-refractivity contribution in [2.75, 3.05) is 96.8 Å². The number of esters is 3. The standard InChI is InChI=1S/C19H21Cl2N3O4S.C18H19Cl2N3O4S.C16H23N3O4.C10H11ClN2O3.C5H4Cl2N2.Na/c1-26-10-11-4-3-7-24(11)14-9-15(28-19(5-6-19)18(25)27-2)23-17(22-14)13-8-12(20)16(21)29-13;1-26-9-10-3-2-6-23(10)13-8-14(27-18(4-5-18)17(24)25)22-16(21-13)12-7-11(19)15(20)28-12;1-11-17-13(19-8-4-5-12(19)10-21-2)9-14(18-11)23-16(6-7-16)15(20)22-3;1-6-12-7(11)5-8(13-6)16-10(3-4-10)9(14)15-2;1-3-8-4(6)2-5(7)9-3;/h8-9,11H,3-7,10H2,1-2H3;7-8,10H,2-6,9H2,1H3,(H,24,25);9,12H,4-8,10H2,1-3H3;5H,3-4H2,1-2H3;2H,1H3;/q;;;;;+1/p-1/t11-;10-;12-;;;/m000.../s1. The Balaban J connectivity index is 0.000000159. The van der Waals surface area contributed by atoms with Crippen LogP contribution >= 0.6 is 104 Å². The first-order chi connectivity index (χ1) is 50.2. The average Bonchev–Trinajstić information content (AvgIpc) is 1.65. The van der Waals surface area contributed by atoms with Crippen LogP contribution in [0.15, 0.2) is 42.5 Å². The molecule has 4 aliphatic carbocycles. The van der Waals surface area contributed by atoms with E-state index in [2.05, 4.69) is 64.3 Å². The van der Waals surface area contributed by atoms with Gasteiger partial charge < -0.3 is 72.0 Å². The largest absolute Gasteiger partial charge is 1.00 e. The predicted molar refractivity (Wildman–Crippen MR) is 394 cm³/mol. The number of carboxylic acids is 1. The zero-order chi connectivity index (χ0) is 75.5. The van der Waals surface area contributed by atoms with E-state index in [0.717, 1.165) is 74.7 Å². The Morgan fingerprint density at radius 2 is 0.726 bits per heavy atom. The maximum atomic E-state index is 12.1. The number of thiophene rings is 2. The molecule has 0 amide bonds. The molecule has 28 nitrogen and oxygen atoms in total. The van der Waals surface area contributed by atoms with E-state index in [-0.39, 0.29) is 65.4 Å². The number of carboxylic acid groups (broad SMARTS) is 1. The first-order valence-corrected chi connectivity index (χ1v) is 37.7. The Morgan fingerprint density at radius 3 is 1.02 bits per heavy atom. The second-order valence-corrected chi connectivity index (χ2v) is 30.8. The summed E-state index contributed by atoms with van der Waals surface area (Å²) in [6, 6.07) is 12.4. The van der Waals surface area contributed by atoms with Crippen LogP contribution in [0.1, 0.15) is 107 Å². The second-order valence-electron chi connectivity index (χ2n) is 25.5. The Kier molecular flexibility index (Phi) is 29.6. The average molecular weight is 1650 g/mol. The van der Waals surface area contributed by atoms with E-state index in [4.69, 9.17) is 129 Å². The van der Waals surface area contributed by atoms with Crippen molar-refractivity contribution in [1.29, 1.82) is 0 Å². The number of carbonyl (C=O) groups is 4. The number of anilines is 3. The van der Waals surface area contributed by atoms with E-state index in [9.17, 15) is 24.3 Å². The maximum Gasteiger partial charge on any atom is 1.00 e. The number of aliphatic carboxylic acids is 1. The first-order valence-electron chi connectivity index (χ1n) is 33.4. The zero-order valence-corrected chi connectivity index (χ0v) is 68.7. The summed E-state index contributed by atoms with van der Waals surface area (Å²) < 4.78 is 54.4. The van der Waals surface area contributed by atoms with Gasteiger partial charge in [0.15, 0.2) is 17.2 Å². The quantitative estimate of drug-likeness (QED) is 0.0249. The van der Waals surface area contributed by atoms with Gasteiger partial charge in [-0.1, -0.05) is 81.2 Å². The summed E-state index contributed by atoms with van der Waals surface area (Å²) in [6.45, 7) is 9.74. The molecule has 0 unspecified atom stereocenters. The van der Waals surface area contributed by atoms with Gasteiger partial charge >= 0.3 is 47.5 Å². The van der Waals surface area contributed by atoms with Crippen LogP contribution < -0.4 is 68.3 Å². The van der Waals surface area contributed by atoms with E-state index < -0.39 is 28.4 Å². The number of nitrogens with zero attached hydrogens (tertiary/aromatic N) is 13. The zero-order valence-electron chi connectivity index (χ0n) is 59.8. The van der Waals surface area contributed by atoms with Crippen molar-refractivity contribution in [2.45, 2.75) is 151 Å². The molecule has 0 bridgehead atoms. The van der Waals surface area contributed by atoms with E-state index in [0.29, 0.717) is 169 Å². The van der Waals surface area contributed by atoms with Crippen LogP contribution in [0.25, 0.3) is 21.4 Å². The third kappa shape index (κ3) is 21.6. The fourth-order valence-corrected chi connectivity index (χ4v) is 15.2. The van der Waals surface area contributed by atoms with E-state index >= 15 is 0 Å². The van der Waals surface area contributed by atoms with Gasteiger partial charge in [0.2, 0.25) is 40.3 Å². The minimum absolute atomic E-state index is 0. The molecule has 7 fully saturated rings. The molecule has 566 valence electrons. The molecule has 0 aromatic carbocycles. The maximum absolute atomic E-state index is 12.1. The SMILES string of the molecule is COC(=O)C1(Oc2cc(Cl)nc(C)n2)CC1.COC[C@@H]1CCCN1c1cc(OC2(C(=O)OC)CC2)nc(-c2cc(Cl)c(Cl)s2)n1.COC[C@@H]1CCCN1c1cc(OC2(C(=O)OC)CC2)nc(C)n1.COC[C@@H]1CCCN1c1cc(OC2(C(=O)[O-])CC2)nc(-c2cc(Cl)c(Cl)s2)n1.Cc1nc(Cl)cc(Cl)n1.[Na+]. The number of hydrogen-bond donors (Lipinski definition) is 0. The predicted octanol–water partition coefficient (Wildman–Crippen LogP) is 9.10. The summed E-state index contributed by atoms with van der Waals surface area (Å²) in [7, 11) is 9.15. The number of carbonyl (C=O) groups excluding carboxylic acids is 4. The molecule has 7 aromatic heterocycles. The molecule has 3 saturated heterocycles. The molecule has 0 spiro atoms. The van der Waals surface area contributed by atoms with Crippen LogP contribution in [0.4, 0.5) is 17.5 Å². The third-order valence-electron chi connectivity index (χ3n) is 17.6. The molecule has 0 N–H and O–H groups in total. The molecule has 38 heteroatoms. The molecule has 3 atom stereocenters. The summed E-state index contributed by atoms with van der Waals surface area (Å²) >= 11 is 43.8. The fraction of sp³-hybridized carbons (Fsp3) is 0.529. The van der Waals surface area contributed by atoms with Gasteiger partial charge in [0.1, 0.15) is 59.1 Å². The number of aromatic nitrogens is 10. The molecule has 3 aliphatic heterocycles. The van der Waals surface area contributed by atoms with Crippen LogP contribution in [0.3, 0.4) is 0 Å². The summed E-state index contributed by atoms with van der Waals surface area (Å²) in [5, 5.41) is 13.4. The number of methoxy groups -OCH3 is 6. The van der Waals surface area contributed by atoms with Crippen LogP contribution in [-0.2, 0) is 47.6 Å². The number of ether oxygens (including phenoxy) is 10. The van der Waals surface area contributed by atoms with Crippen molar-refractivity contribution in [1.82, 2.24) is 49.8 Å². The molecule has 0 radical (unpaired) electrons. The molecule has 106 heavy (non-hydrogen) atoms. The Labute approximate surface area is 677 Å². The second kappa shape index (κ2) is 37.3. The van der Waals surface area contributed by atoms with Gasteiger partial charge in [-0.05, 0) is 84.3 Å². The van der Waals surface area contributed by atoms with Crippen LogP contribution in [0, 0.1) is 20.8 Å². The van der Waals surface area contributed by atoms with Gasteiger partial charge in [0.05, 0.1) is 85.0 Å². The minimum Gasteiger partial charge on any atom is -0.546 e. The van der Waals surface area contributed by atoms with Crippen molar-refractivity contribution < 1.29 is 101 Å². The smallest absolute Gasteiger partial charge is 0.546 e. The number of halogens is 7. The van der Waals surface area contributed by atoms with Gasteiger partial charge in [0, 0.05) is 110 Å². The molecule has 14 rings (SSSR count). The molecular formula is C68H77Cl7N13NaO15S2. The van der Waals surface area contributed by atoms with E-state index in [1.54, 1.807) is 59.4 Å². The van der Waals surface area contributed by atoms with Gasteiger partial charge in [-0.25, -0.2) is 44.3 Å². The topological polar surface area (TPSA) is 322 Å². The van der Waals surface area contributed by atoms with Crippen LogP contribution in [-0.4, -0.2) is 196 Å². The van der Waals surface area contributed by atoms with Gasteiger partial charge in [0.25, 0.3) is 0 Å². The van der Waals surface area contributed by atoms with Crippen LogP contribution in [0.2, 0.25) is 34.2 Å². The Hall–Kier alpha value is -5.81. The summed E-state index contributed by atoms with van der Waals surface area (Å²) in [5.74, 6) is 3.72. The van der Waals surface area contributed by atoms with Crippen molar-refractivity contribution in [3.05, 3.63) is 94.1 Å². The molecule has 7 aromatic rings. The first kappa shape index (κ1) is 84.2. The van der Waals surface area contributed by atoms with Gasteiger partial charge in [-0.2, -0.15) is 19.9 Å². The molecule has 10 heterocycles. The van der Waals surface area contributed by atoms with Crippen molar-refractivity contribution in [2.24, 2.45) is 0 Å². The molecule has 4 saturated carbocycles. The Bertz CT molecular complexity index is 4150. The van der Waals surface area contributed by atoms with Crippen molar-refractivity contribution >= 4 is 145 Å². The van der Waals surface area contributed by atoms with E-state index in [1.165, 1.54) is 56.1 Å². The van der Waals surface area contributed by atoms with Crippen molar-refractivity contribution in [3.8, 4) is 44.9 Å². The summed E-state index contributed by atoms with van der Waals surface area (Å²) in [6.07, 6.45) is 10.9. The third-order valence-corrected chi connectivity index (χ3v) is 21.9. The van der Waals surface area contributed by atoms with Crippen molar-refractivity contribution in [3.63, 3.8) is 0 Å². The molecular weight excluding hydrogens is 1570 g/mol. The van der Waals surface area contributed by atoms with Gasteiger partial charge in [-0.15, -0.1) is 22.7 Å². The monoisotopic (exact) mass is 1650 g/mol. The van der Waals surface area contributed by atoms with Gasteiger partial charge in [-0.3, -0.25) is 0 Å². The fourth-order valence-electron chi connectivity index (χ4n) is 11.9. The van der Waals surface area contributed by atoms with Crippen LogP contribution in [0.5, 0.6) is 23.5 Å². The number of rotatable bonds is 23.